The van der Waals surface area contributed by atoms with Gasteiger partial charge in [0.1, 0.15) is 6.54 Å². The molecule has 6 nitrogen and oxygen atoms in total. The minimum atomic E-state index is -0.357. The van der Waals surface area contributed by atoms with Crippen molar-refractivity contribution in [2.24, 2.45) is 5.92 Å². The Bertz CT molecular complexity index is 330. The summed E-state index contributed by atoms with van der Waals surface area (Å²) in [6.07, 6.45) is 1.78. The van der Waals surface area contributed by atoms with Gasteiger partial charge in [0.15, 0.2) is 0 Å². The van der Waals surface area contributed by atoms with E-state index < -0.39 is 0 Å². The molecule has 0 atom stereocenters. The van der Waals surface area contributed by atoms with Crippen LogP contribution in [0, 0.1) is 5.92 Å². The highest BCUT2D eigenvalue weighted by Gasteiger charge is 2.30. The van der Waals surface area contributed by atoms with Crippen molar-refractivity contribution in [3.8, 4) is 0 Å². The number of rotatable bonds is 3. The van der Waals surface area contributed by atoms with Crippen molar-refractivity contribution in [1.29, 1.82) is 0 Å². The molecule has 2 rings (SSSR count). The van der Waals surface area contributed by atoms with Gasteiger partial charge in [-0.05, 0) is 12.8 Å². The average molecular weight is 243 g/mol. The summed E-state index contributed by atoms with van der Waals surface area (Å²) in [6, 6.07) is 0. The number of hydrogen-bond acceptors (Lipinski definition) is 4. The smallest absolute Gasteiger partial charge is 0.258 e. The zero-order valence-electron chi connectivity index (χ0n) is 8.69. The second-order valence-corrected chi connectivity index (χ2v) is 4.84. The van der Waals surface area contributed by atoms with E-state index in [4.69, 9.17) is 0 Å². The molecule has 0 unspecified atom stereocenters. The molecule has 1 saturated carbocycles. The molecule has 1 aliphatic carbocycles. The Balaban J connectivity index is 1.67. The van der Waals surface area contributed by atoms with Gasteiger partial charge in [-0.15, -0.1) is 11.8 Å². The zero-order valence-corrected chi connectivity index (χ0v) is 9.51. The van der Waals surface area contributed by atoms with Crippen LogP contribution < -0.4 is 10.9 Å². The first-order chi connectivity index (χ1) is 7.66. The number of nitrogens with zero attached hydrogens (tertiary/aromatic N) is 1. The van der Waals surface area contributed by atoms with Crippen molar-refractivity contribution in [2.45, 2.75) is 12.8 Å². The molecule has 0 aromatic heterocycles. The summed E-state index contributed by atoms with van der Waals surface area (Å²) in [7, 11) is 0. The monoisotopic (exact) mass is 243 g/mol. The highest BCUT2D eigenvalue weighted by atomic mass is 32.2. The lowest BCUT2D eigenvalue weighted by molar-refractivity contribution is -0.134. The lowest BCUT2D eigenvalue weighted by Gasteiger charge is -2.14. The van der Waals surface area contributed by atoms with E-state index in [9.17, 15) is 14.4 Å². The van der Waals surface area contributed by atoms with Crippen molar-refractivity contribution in [3.63, 3.8) is 0 Å². The van der Waals surface area contributed by atoms with Gasteiger partial charge in [0.25, 0.3) is 5.91 Å². The number of thioether (sulfide) groups is 1. The predicted octanol–water partition coefficient (Wildman–Crippen LogP) is -0.923. The molecule has 2 fully saturated rings. The molecule has 2 aliphatic rings. The second kappa shape index (κ2) is 4.73. The van der Waals surface area contributed by atoms with E-state index in [-0.39, 0.29) is 30.2 Å². The van der Waals surface area contributed by atoms with Gasteiger partial charge in [-0.3, -0.25) is 25.2 Å². The number of hydrazine groups is 1. The summed E-state index contributed by atoms with van der Waals surface area (Å²) in [5.74, 6) is 0.503. The molecule has 0 aromatic rings. The van der Waals surface area contributed by atoms with Crippen LogP contribution in [0.5, 0.6) is 0 Å². The standard InChI is InChI=1S/C9H13N3O3S/c13-7(3-12-5-16-4-8(12)14)10-11-9(15)6-1-2-6/h6H,1-5H2,(H,10,13)(H,11,15). The number of carbonyl (C=O) groups excluding carboxylic acids is 3. The molecular weight excluding hydrogens is 230 g/mol. The lowest BCUT2D eigenvalue weighted by Crippen LogP contribution is -2.47. The van der Waals surface area contributed by atoms with Crippen molar-refractivity contribution >= 4 is 29.5 Å². The van der Waals surface area contributed by atoms with E-state index in [0.717, 1.165) is 12.8 Å². The topological polar surface area (TPSA) is 78.5 Å². The van der Waals surface area contributed by atoms with Crippen molar-refractivity contribution < 1.29 is 14.4 Å². The summed E-state index contributed by atoms with van der Waals surface area (Å²) < 4.78 is 0. The van der Waals surface area contributed by atoms with Crippen molar-refractivity contribution in [3.05, 3.63) is 0 Å². The number of carbonyl (C=O) groups is 3. The van der Waals surface area contributed by atoms with Crippen LogP contribution in [0.1, 0.15) is 12.8 Å². The predicted molar refractivity (Wildman–Crippen MR) is 58.0 cm³/mol. The van der Waals surface area contributed by atoms with E-state index in [1.807, 2.05) is 0 Å². The molecule has 1 aliphatic heterocycles. The molecule has 16 heavy (non-hydrogen) atoms. The van der Waals surface area contributed by atoms with Crippen LogP contribution in [0.15, 0.2) is 0 Å². The van der Waals surface area contributed by atoms with Gasteiger partial charge in [0, 0.05) is 5.92 Å². The minimum absolute atomic E-state index is 0.0107. The summed E-state index contributed by atoms with van der Waals surface area (Å²) in [4.78, 5) is 35.2. The molecule has 0 radical (unpaired) electrons. The first-order valence-electron chi connectivity index (χ1n) is 5.11. The van der Waals surface area contributed by atoms with E-state index in [2.05, 4.69) is 10.9 Å². The molecule has 1 saturated heterocycles. The molecular formula is C9H13N3O3S. The number of amides is 3. The van der Waals surface area contributed by atoms with E-state index in [1.54, 1.807) is 0 Å². The summed E-state index contributed by atoms with van der Waals surface area (Å²) in [6.45, 7) is 0.0107. The van der Waals surface area contributed by atoms with Gasteiger partial charge in [0.05, 0.1) is 11.6 Å². The first kappa shape index (κ1) is 11.3. The Morgan fingerprint density at radius 2 is 2.12 bits per heavy atom. The number of nitrogens with one attached hydrogen (secondary N) is 2. The molecule has 88 valence electrons. The third-order valence-electron chi connectivity index (χ3n) is 2.43. The quantitative estimate of drug-likeness (QED) is 0.628. The van der Waals surface area contributed by atoms with E-state index in [1.165, 1.54) is 16.7 Å². The second-order valence-electron chi connectivity index (χ2n) is 3.88. The normalized spacial score (nSPS) is 19.8. The number of hydrogen-bond donors (Lipinski definition) is 2. The SMILES string of the molecule is O=C(CN1CSCC1=O)NNC(=O)C1CC1. The van der Waals surface area contributed by atoms with Crippen LogP contribution in [-0.2, 0) is 14.4 Å². The average Bonchev–Trinajstić information content (AvgIpc) is 3.02. The summed E-state index contributed by atoms with van der Waals surface area (Å²) in [5, 5.41) is 0. The van der Waals surface area contributed by atoms with Crippen molar-refractivity contribution in [2.75, 3.05) is 18.2 Å². The molecule has 3 amide bonds. The van der Waals surface area contributed by atoms with Gasteiger partial charge in [-0.2, -0.15) is 0 Å². The fourth-order valence-electron chi connectivity index (χ4n) is 1.33. The van der Waals surface area contributed by atoms with Crippen LogP contribution in [0.3, 0.4) is 0 Å². The summed E-state index contributed by atoms with van der Waals surface area (Å²) in [5.41, 5.74) is 4.66. The van der Waals surface area contributed by atoms with Crippen molar-refractivity contribution in [1.82, 2.24) is 15.8 Å². The van der Waals surface area contributed by atoms with Crippen LogP contribution in [-0.4, -0.2) is 40.8 Å². The fourth-order valence-corrected chi connectivity index (χ4v) is 2.24. The highest BCUT2D eigenvalue weighted by Crippen LogP contribution is 2.28. The third-order valence-corrected chi connectivity index (χ3v) is 3.38. The van der Waals surface area contributed by atoms with E-state index in [0.29, 0.717) is 11.6 Å². The van der Waals surface area contributed by atoms with Crippen LogP contribution >= 0.6 is 11.8 Å². The molecule has 1 heterocycles. The molecule has 0 aromatic carbocycles. The van der Waals surface area contributed by atoms with E-state index >= 15 is 0 Å². The molecule has 2 N–H and O–H groups in total. The van der Waals surface area contributed by atoms with Gasteiger partial charge in [-0.25, -0.2) is 0 Å². The molecule has 0 spiro atoms. The minimum Gasteiger partial charge on any atom is -0.323 e. The lowest BCUT2D eigenvalue weighted by atomic mass is 10.4. The van der Waals surface area contributed by atoms with Gasteiger partial charge in [0.2, 0.25) is 11.8 Å². The Labute approximate surface area is 97.1 Å². The Kier molecular flexibility index (Phi) is 3.33. The van der Waals surface area contributed by atoms with Crippen LogP contribution in [0.2, 0.25) is 0 Å². The maximum atomic E-state index is 11.4. The molecule has 0 bridgehead atoms. The molecule has 7 heteroatoms. The maximum absolute atomic E-state index is 11.4. The first-order valence-corrected chi connectivity index (χ1v) is 6.26. The third kappa shape index (κ3) is 2.88. The fraction of sp³-hybridized carbons (Fsp3) is 0.667. The Morgan fingerprint density at radius 3 is 2.69 bits per heavy atom. The Morgan fingerprint density at radius 1 is 1.38 bits per heavy atom. The zero-order chi connectivity index (χ0) is 11.5. The largest absolute Gasteiger partial charge is 0.323 e. The van der Waals surface area contributed by atoms with Crippen LogP contribution in [0.25, 0.3) is 0 Å². The van der Waals surface area contributed by atoms with Gasteiger partial charge >= 0.3 is 0 Å². The summed E-state index contributed by atoms with van der Waals surface area (Å²) >= 11 is 1.48. The van der Waals surface area contributed by atoms with Crippen LogP contribution in [0.4, 0.5) is 0 Å². The van der Waals surface area contributed by atoms with Gasteiger partial charge in [-0.1, -0.05) is 0 Å². The highest BCUT2D eigenvalue weighted by molar-refractivity contribution is 8.00. The maximum Gasteiger partial charge on any atom is 0.258 e. The van der Waals surface area contributed by atoms with Gasteiger partial charge < -0.3 is 4.90 Å². The Hall–Kier alpha value is -1.24.